The highest BCUT2D eigenvalue weighted by Gasteiger charge is 2.10. The van der Waals surface area contributed by atoms with Crippen LogP contribution in [0.25, 0.3) is 21.3 Å². The number of fused-ring (bicyclic) bond motifs is 2. The zero-order valence-corrected chi connectivity index (χ0v) is 13.2. The van der Waals surface area contributed by atoms with Gasteiger partial charge in [-0.15, -0.1) is 0 Å². The molecule has 0 aliphatic heterocycles. The first-order valence-electron chi connectivity index (χ1n) is 7.25. The predicted molar refractivity (Wildman–Crippen MR) is 91.0 cm³/mol. The Morgan fingerprint density at radius 2 is 2.09 bits per heavy atom. The Morgan fingerprint density at radius 3 is 2.91 bits per heavy atom. The number of aromatic nitrogens is 2. The first-order valence-corrected chi connectivity index (χ1v) is 8.07. The second-order valence-electron chi connectivity index (χ2n) is 5.24. The molecule has 0 bridgehead atoms. The maximum atomic E-state index is 5.74. The van der Waals surface area contributed by atoms with Gasteiger partial charge in [-0.2, -0.15) is 4.98 Å². The molecule has 2 aromatic carbocycles. The molecule has 4 rings (SSSR count). The van der Waals surface area contributed by atoms with E-state index in [1.165, 1.54) is 11.1 Å². The molecule has 5 heteroatoms. The molecule has 0 unspecified atom stereocenters. The molecule has 0 fully saturated rings. The number of nitrogens with one attached hydrogen (secondary N) is 1. The molecule has 4 nitrogen and oxygen atoms in total. The Kier molecular flexibility index (Phi) is 3.08. The molecule has 0 aliphatic carbocycles. The van der Waals surface area contributed by atoms with Gasteiger partial charge < -0.3 is 4.42 Å². The highest BCUT2D eigenvalue weighted by Crippen LogP contribution is 2.30. The van der Waals surface area contributed by atoms with E-state index in [-0.39, 0.29) is 0 Å². The van der Waals surface area contributed by atoms with Crippen LogP contribution in [-0.4, -0.2) is 9.97 Å². The SMILES string of the molecule is CCc1ccc2oc(Nc3nc4c(C)cccc4s3)nc2c1. The summed E-state index contributed by atoms with van der Waals surface area (Å²) in [6.07, 6.45) is 0.989. The largest absolute Gasteiger partial charge is 0.423 e. The van der Waals surface area contributed by atoms with Gasteiger partial charge in [-0.1, -0.05) is 36.5 Å². The van der Waals surface area contributed by atoms with E-state index in [0.717, 1.165) is 32.9 Å². The molecule has 110 valence electrons. The lowest BCUT2D eigenvalue weighted by atomic mass is 10.1. The van der Waals surface area contributed by atoms with E-state index >= 15 is 0 Å². The monoisotopic (exact) mass is 309 g/mol. The fraction of sp³-hybridized carbons (Fsp3) is 0.176. The van der Waals surface area contributed by atoms with E-state index in [1.54, 1.807) is 11.3 Å². The minimum atomic E-state index is 0.486. The molecule has 0 atom stereocenters. The number of oxazole rings is 1. The molecular formula is C17H15N3OS. The van der Waals surface area contributed by atoms with Gasteiger partial charge in [-0.25, -0.2) is 4.98 Å². The van der Waals surface area contributed by atoms with Crippen molar-refractivity contribution in [2.75, 3.05) is 5.32 Å². The molecule has 1 N–H and O–H groups in total. The number of benzene rings is 2. The van der Waals surface area contributed by atoms with Crippen LogP contribution in [0, 0.1) is 6.92 Å². The van der Waals surface area contributed by atoms with E-state index in [4.69, 9.17) is 4.42 Å². The molecule has 2 aromatic heterocycles. The lowest BCUT2D eigenvalue weighted by molar-refractivity contribution is 0.623. The first-order chi connectivity index (χ1) is 10.7. The summed E-state index contributed by atoms with van der Waals surface area (Å²) in [5, 5.41) is 3.97. The first kappa shape index (κ1) is 13.3. The fourth-order valence-electron chi connectivity index (χ4n) is 2.48. The van der Waals surface area contributed by atoms with Gasteiger partial charge in [0.1, 0.15) is 5.52 Å². The van der Waals surface area contributed by atoms with Gasteiger partial charge in [-0.3, -0.25) is 5.32 Å². The molecule has 4 aromatic rings. The van der Waals surface area contributed by atoms with Crippen LogP contribution in [0.5, 0.6) is 0 Å². The number of rotatable bonds is 3. The highest BCUT2D eigenvalue weighted by atomic mass is 32.1. The van der Waals surface area contributed by atoms with Crippen molar-refractivity contribution < 1.29 is 4.42 Å². The summed E-state index contributed by atoms with van der Waals surface area (Å²) in [5.41, 5.74) is 5.12. The third-order valence-electron chi connectivity index (χ3n) is 3.69. The van der Waals surface area contributed by atoms with Crippen LogP contribution in [0.1, 0.15) is 18.1 Å². The smallest absolute Gasteiger partial charge is 0.302 e. The Hall–Kier alpha value is -2.40. The van der Waals surface area contributed by atoms with Crippen molar-refractivity contribution >= 4 is 43.8 Å². The number of thiazole rings is 1. The fourth-order valence-corrected chi connectivity index (χ4v) is 3.41. The average Bonchev–Trinajstić information content (AvgIpc) is 3.10. The second kappa shape index (κ2) is 5.10. The van der Waals surface area contributed by atoms with Gasteiger partial charge in [-0.05, 0) is 42.7 Å². The van der Waals surface area contributed by atoms with Crippen molar-refractivity contribution in [1.82, 2.24) is 9.97 Å². The van der Waals surface area contributed by atoms with Gasteiger partial charge in [0.15, 0.2) is 10.7 Å². The number of anilines is 2. The van der Waals surface area contributed by atoms with E-state index in [9.17, 15) is 0 Å². The molecule has 2 heterocycles. The summed E-state index contributed by atoms with van der Waals surface area (Å²) >= 11 is 1.60. The number of hydrogen-bond acceptors (Lipinski definition) is 5. The summed E-state index contributed by atoms with van der Waals surface area (Å²) < 4.78 is 6.90. The van der Waals surface area contributed by atoms with Crippen molar-refractivity contribution in [2.24, 2.45) is 0 Å². The Labute approximate surface area is 131 Å². The third kappa shape index (κ3) is 2.23. The number of para-hydroxylation sites is 1. The Bertz CT molecular complexity index is 971. The Morgan fingerprint density at radius 1 is 1.18 bits per heavy atom. The number of nitrogens with zero attached hydrogens (tertiary/aromatic N) is 2. The summed E-state index contributed by atoms with van der Waals surface area (Å²) in [7, 11) is 0. The molecule has 0 radical (unpaired) electrons. The minimum absolute atomic E-state index is 0.486. The summed E-state index contributed by atoms with van der Waals surface area (Å²) in [4.78, 5) is 9.12. The van der Waals surface area contributed by atoms with Crippen LogP contribution >= 0.6 is 11.3 Å². The maximum Gasteiger partial charge on any atom is 0.302 e. The molecule has 0 aliphatic rings. The average molecular weight is 309 g/mol. The van der Waals surface area contributed by atoms with Gasteiger partial charge in [0.05, 0.1) is 10.2 Å². The topological polar surface area (TPSA) is 51.0 Å². The van der Waals surface area contributed by atoms with E-state index < -0.39 is 0 Å². The van der Waals surface area contributed by atoms with Crippen LogP contribution in [0.4, 0.5) is 11.1 Å². The highest BCUT2D eigenvalue weighted by molar-refractivity contribution is 7.22. The number of hydrogen-bond donors (Lipinski definition) is 1. The van der Waals surface area contributed by atoms with Gasteiger partial charge in [0.2, 0.25) is 0 Å². The second-order valence-corrected chi connectivity index (χ2v) is 6.27. The quantitative estimate of drug-likeness (QED) is 0.575. The van der Waals surface area contributed by atoms with Crippen molar-refractivity contribution in [2.45, 2.75) is 20.3 Å². The molecule has 0 amide bonds. The van der Waals surface area contributed by atoms with Crippen LogP contribution in [0.15, 0.2) is 40.8 Å². The maximum absolute atomic E-state index is 5.74. The zero-order valence-electron chi connectivity index (χ0n) is 12.4. The van der Waals surface area contributed by atoms with Gasteiger partial charge in [0, 0.05) is 0 Å². The summed E-state index contributed by atoms with van der Waals surface area (Å²) in [5.74, 6) is 0. The van der Waals surface area contributed by atoms with E-state index in [1.807, 2.05) is 12.1 Å². The third-order valence-corrected chi connectivity index (χ3v) is 4.63. The predicted octanol–water partition coefficient (Wildman–Crippen LogP) is 5.05. The van der Waals surface area contributed by atoms with Crippen LogP contribution in [0.3, 0.4) is 0 Å². The molecule has 0 saturated carbocycles. The van der Waals surface area contributed by atoms with Crippen LogP contribution in [-0.2, 0) is 6.42 Å². The summed E-state index contributed by atoms with van der Waals surface area (Å²) in [6, 6.07) is 12.8. The van der Waals surface area contributed by atoms with Crippen molar-refractivity contribution in [3.05, 3.63) is 47.5 Å². The molecule has 22 heavy (non-hydrogen) atoms. The van der Waals surface area contributed by atoms with Gasteiger partial charge in [0.25, 0.3) is 0 Å². The standard InChI is InChI=1S/C17H15N3OS/c1-3-11-7-8-13-12(9-11)18-16(21-13)20-17-19-15-10(2)5-4-6-14(15)22-17/h4-9H,3H2,1-2H3,(H,18,19,20). The van der Waals surface area contributed by atoms with E-state index in [2.05, 4.69) is 53.4 Å². The van der Waals surface area contributed by atoms with Gasteiger partial charge >= 0.3 is 6.01 Å². The van der Waals surface area contributed by atoms with Crippen LogP contribution in [0.2, 0.25) is 0 Å². The number of aryl methyl sites for hydroxylation is 2. The lowest BCUT2D eigenvalue weighted by Gasteiger charge is -1.93. The lowest BCUT2D eigenvalue weighted by Crippen LogP contribution is -1.88. The molecular weight excluding hydrogens is 294 g/mol. The normalized spacial score (nSPS) is 11.4. The van der Waals surface area contributed by atoms with Crippen molar-refractivity contribution in [1.29, 1.82) is 0 Å². The molecule has 0 spiro atoms. The van der Waals surface area contributed by atoms with Crippen molar-refractivity contribution in [3.8, 4) is 0 Å². The van der Waals surface area contributed by atoms with E-state index in [0.29, 0.717) is 6.01 Å². The van der Waals surface area contributed by atoms with Crippen LogP contribution < -0.4 is 5.32 Å². The zero-order chi connectivity index (χ0) is 15.1. The van der Waals surface area contributed by atoms with Crippen molar-refractivity contribution in [3.63, 3.8) is 0 Å². The minimum Gasteiger partial charge on any atom is -0.423 e. The summed E-state index contributed by atoms with van der Waals surface area (Å²) in [6.45, 7) is 4.20. The molecule has 0 saturated heterocycles. The Balaban J connectivity index is 1.70.